The molecule has 0 aliphatic carbocycles. The lowest BCUT2D eigenvalue weighted by Gasteiger charge is -2.07. The van der Waals surface area contributed by atoms with Gasteiger partial charge in [-0.05, 0) is 50.2 Å². The van der Waals surface area contributed by atoms with E-state index in [0.29, 0.717) is 13.0 Å². The highest BCUT2D eigenvalue weighted by Gasteiger charge is 2.13. The Labute approximate surface area is 168 Å². The molecule has 1 amide bonds. The van der Waals surface area contributed by atoms with Gasteiger partial charge in [-0.25, -0.2) is 4.68 Å². The van der Waals surface area contributed by atoms with E-state index >= 15 is 0 Å². The van der Waals surface area contributed by atoms with Crippen molar-refractivity contribution in [1.82, 2.24) is 15.1 Å². The number of nitrogens with zero attached hydrogens (tertiary/aromatic N) is 2. The standard InChI is InChI=1S/C21H22ClN3OS/c1-15-20(16(2)25(24-15)18-6-4-3-5-7-18)14-23-21(26)12-13-27-19-10-8-17(22)9-11-19/h3-11H,12-14H2,1-2H3,(H,23,26). The summed E-state index contributed by atoms with van der Waals surface area (Å²) in [6.07, 6.45) is 0.470. The number of hydrogen-bond acceptors (Lipinski definition) is 3. The lowest BCUT2D eigenvalue weighted by Crippen LogP contribution is -2.23. The maximum atomic E-state index is 12.2. The van der Waals surface area contributed by atoms with Crippen LogP contribution in [0, 0.1) is 13.8 Å². The zero-order chi connectivity index (χ0) is 19.2. The molecule has 1 aromatic heterocycles. The first-order valence-electron chi connectivity index (χ1n) is 8.80. The van der Waals surface area contributed by atoms with Gasteiger partial charge in [0, 0.05) is 39.9 Å². The predicted octanol–water partition coefficient (Wildman–Crippen LogP) is 4.94. The third-order valence-electron chi connectivity index (χ3n) is 4.32. The second kappa shape index (κ2) is 9.11. The van der Waals surface area contributed by atoms with Crippen molar-refractivity contribution in [2.24, 2.45) is 0 Å². The van der Waals surface area contributed by atoms with Crippen molar-refractivity contribution in [2.75, 3.05) is 5.75 Å². The van der Waals surface area contributed by atoms with E-state index in [1.807, 2.05) is 73.1 Å². The molecule has 0 aliphatic rings. The fourth-order valence-corrected chi connectivity index (χ4v) is 3.80. The van der Waals surface area contributed by atoms with Crippen LogP contribution in [-0.4, -0.2) is 21.4 Å². The average molecular weight is 400 g/mol. The minimum absolute atomic E-state index is 0.0442. The molecule has 0 fully saturated rings. The topological polar surface area (TPSA) is 46.9 Å². The van der Waals surface area contributed by atoms with Crippen molar-refractivity contribution in [2.45, 2.75) is 31.7 Å². The molecular formula is C21H22ClN3OS. The van der Waals surface area contributed by atoms with Crippen LogP contribution in [0.3, 0.4) is 0 Å². The van der Waals surface area contributed by atoms with Crippen molar-refractivity contribution >= 4 is 29.3 Å². The Morgan fingerprint density at radius 2 is 1.81 bits per heavy atom. The third-order valence-corrected chi connectivity index (χ3v) is 5.58. The van der Waals surface area contributed by atoms with E-state index in [0.717, 1.165) is 38.3 Å². The highest BCUT2D eigenvalue weighted by atomic mass is 35.5. The minimum atomic E-state index is 0.0442. The molecule has 140 valence electrons. The van der Waals surface area contributed by atoms with Gasteiger partial charge in [0.2, 0.25) is 5.91 Å². The Balaban J connectivity index is 1.53. The van der Waals surface area contributed by atoms with Gasteiger partial charge in [-0.1, -0.05) is 29.8 Å². The number of aromatic nitrogens is 2. The number of carbonyl (C=O) groups excluding carboxylic acids is 1. The third kappa shape index (κ3) is 5.15. The lowest BCUT2D eigenvalue weighted by molar-refractivity contribution is -0.120. The number of nitrogens with one attached hydrogen (secondary N) is 1. The van der Waals surface area contributed by atoms with E-state index in [9.17, 15) is 4.79 Å². The zero-order valence-corrected chi connectivity index (χ0v) is 17.0. The lowest BCUT2D eigenvalue weighted by atomic mass is 10.2. The highest BCUT2D eigenvalue weighted by Crippen LogP contribution is 2.21. The maximum Gasteiger partial charge on any atom is 0.221 e. The Kier molecular flexibility index (Phi) is 6.58. The molecule has 0 unspecified atom stereocenters. The van der Waals surface area contributed by atoms with Gasteiger partial charge in [-0.15, -0.1) is 11.8 Å². The van der Waals surface area contributed by atoms with Crippen LogP contribution in [0.15, 0.2) is 59.5 Å². The predicted molar refractivity (Wildman–Crippen MR) is 112 cm³/mol. The normalized spacial score (nSPS) is 10.8. The van der Waals surface area contributed by atoms with Crippen LogP contribution in [0.25, 0.3) is 5.69 Å². The summed E-state index contributed by atoms with van der Waals surface area (Å²) in [5, 5.41) is 8.35. The quantitative estimate of drug-likeness (QED) is 0.572. The maximum absolute atomic E-state index is 12.2. The Morgan fingerprint density at radius 3 is 2.52 bits per heavy atom. The van der Waals surface area contributed by atoms with Crippen LogP contribution in [0.4, 0.5) is 0 Å². The summed E-state index contributed by atoms with van der Waals surface area (Å²) < 4.78 is 1.92. The molecule has 0 atom stereocenters. The van der Waals surface area contributed by atoms with Crippen LogP contribution in [0.5, 0.6) is 0 Å². The molecule has 3 rings (SSSR count). The number of benzene rings is 2. The van der Waals surface area contributed by atoms with Crippen molar-refractivity contribution in [1.29, 1.82) is 0 Å². The van der Waals surface area contributed by atoms with Crippen LogP contribution in [0.1, 0.15) is 23.4 Å². The molecule has 1 N–H and O–H groups in total. The molecule has 1 heterocycles. The fraction of sp³-hybridized carbons (Fsp3) is 0.238. The molecule has 3 aromatic rings. The van der Waals surface area contributed by atoms with E-state index in [4.69, 9.17) is 11.6 Å². The summed E-state index contributed by atoms with van der Waals surface area (Å²) in [5.74, 6) is 0.775. The van der Waals surface area contributed by atoms with Crippen LogP contribution in [0.2, 0.25) is 5.02 Å². The average Bonchev–Trinajstić information content (AvgIpc) is 2.96. The number of thioether (sulfide) groups is 1. The van der Waals surface area contributed by atoms with Crippen molar-refractivity contribution in [3.63, 3.8) is 0 Å². The van der Waals surface area contributed by atoms with Gasteiger partial charge < -0.3 is 5.32 Å². The summed E-state index contributed by atoms with van der Waals surface area (Å²) >= 11 is 7.53. The first kappa shape index (κ1) is 19.5. The summed E-state index contributed by atoms with van der Waals surface area (Å²) in [5.41, 5.74) is 4.08. The van der Waals surface area contributed by atoms with E-state index in [-0.39, 0.29) is 5.91 Å². The van der Waals surface area contributed by atoms with Gasteiger partial charge in [0.05, 0.1) is 11.4 Å². The number of para-hydroxylation sites is 1. The zero-order valence-electron chi connectivity index (χ0n) is 15.4. The molecular weight excluding hydrogens is 378 g/mol. The van der Waals surface area contributed by atoms with Gasteiger partial charge in [0.25, 0.3) is 0 Å². The van der Waals surface area contributed by atoms with Gasteiger partial charge >= 0.3 is 0 Å². The first-order valence-corrected chi connectivity index (χ1v) is 10.2. The number of halogens is 1. The van der Waals surface area contributed by atoms with Gasteiger partial charge in [0.1, 0.15) is 0 Å². The molecule has 4 nitrogen and oxygen atoms in total. The smallest absolute Gasteiger partial charge is 0.221 e. The first-order chi connectivity index (χ1) is 13.0. The molecule has 0 spiro atoms. The SMILES string of the molecule is Cc1nn(-c2ccccc2)c(C)c1CNC(=O)CCSc1ccc(Cl)cc1. The monoisotopic (exact) mass is 399 g/mol. The van der Waals surface area contributed by atoms with Gasteiger partial charge in [0.15, 0.2) is 0 Å². The van der Waals surface area contributed by atoms with Crippen LogP contribution in [-0.2, 0) is 11.3 Å². The summed E-state index contributed by atoms with van der Waals surface area (Å²) in [4.78, 5) is 13.3. The van der Waals surface area contributed by atoms with Gasteiger partial charge in [-0.2, -0.15) is 5.10 Å². The second-order valence-electron chi connectivity index (χ2n) is 6.23. The summed E-state index contributed by atoms with van der Waals surface area (Å²) in [6, 6.07) is 17.7. The number of amides is 1. The molecule has 0 saturated heterocycles. The Bertz CT molecular complexity index is 907. The van der Waals surface area contributed by atoms with Crippen molar-refractivity contribution in [3.8, 4) is 5.69 Å². The van der Waals surface area contributed by atoms with Crippen molar-refractivity contribution < 1.29 is 4.79 Å². The number of hydrogen-bond donors (Lipinski definition) is 1. The molecule has 27 heavy (non-hydrogen) atoms. The van der Waals surface area contributed by atoms with E-state index in [1.54, 1.807) is 11.8 Å². The second-order valence-corrected chi connectivity index (χ2v) is 7.83. The fourth-order valence-electron chi connectivity index (χ4n) is 2.82. The minimum Gasteiger partial charge on any atom is -0.352 e. The summed E-state index contributed by atoms with van der Waals surface area (Å²) in [7, 11) is 0. The largest absolute Gasteiger partial charge is 0.352 e. The number of carbonyl (C=O) groups is 1. The highest BCUT2D eigenvalue weighted by molar-refractivity contribution is 7.99. The number of rotatable bonds is 7. The summed E-state index contributed by atoms with van der Waals surface area (Å²) in [6.45, 7) is 4.50. The van der Waals surface area contributed by atoms with Gasteiger partial charge in [-0.3, -0.25) is 4.79 Å². The van der Waals surface area contributed by atoms with E-state index < -0.39 is 0 Å². The molecule has 0 aliphatic heterocycles. The van der Waals surface area contributed by atoms with Crippen LogP contribution < -0.4 is 5.32 Å². The Morgan fingerprint density at radius 1 is 1.11 bits per heavy atom. The van der Waals surface area contributed by atoms with E-state index in [1.165, 1.54) is 0 Å². The molecule has 0 radical (unpaired) electrons. The molecule has 6 heteroatoms. The van der Waals surface area contributed by atoms with E-state index in [2.05, 4.69) is 10.4 Å². The molecule has 0 bridgehead atoms. The van der Waals surface area contributed by atoms with Crippen molar-refractivity contribution in [3.05, 3.63) is 76.6 Å². The molecule has 2 aromatic carbocycles. The Hall–Kier alpha value is -2.24. The molecule has 0 saturated carbocycles. The number of aryl methyl sites for hydroxylation is 1. The van der Waals surface area contributed by atoms with Crippen LogP contribution >= 0.6 is 23.4 Å².